The van der Waals surface area contributed by atoms with E-state index in [1.54, 1.807) is 39.1 Å². The van der Waals surface area contributed by atoms with Crippen LogP contribution in [0.15, 0.2) is 53.8 Å². The molecule has 0 aromatic carbocycles. The minimum absolute atomic E-state index is 0.0206. The van der Waals surface area contributed by atoms with Gasteiger partial charge in [-0.1, -0.05) is 45.9 Å². The van der Waals surface area contributed by atoms with E-state index in [1.807, 2.05) is 45.1 Å². The highest BCUT2D eigenvalue weighted by atomic mass is 16.6. The molecular formula is C34H46N2O10. The lowest BCUT2D eigenvalue weighted by Crippen LogP contribution is -2.49. The van der Waals surface area contributed by atoms with Crippen LogP contribution in [-0.2, 0) is 38.1 Å². The molecule has 2 aliphatic heterocycles. The number of cyclic esters (lactones) is 1. The molecule has 46 heavy (non-hydrogen) atoms. The lowest BCUT2D eigenvalue weighted by molar-refractivity contribution is -0.200. The normalized spacial score (nSPS) is 34.0. The summed E-state index contributed by atoms with van der Waals surface area (Å²) in [4.78, 5) is 53.9. The van der Waals surface area contributed by atoms with Gasteiger partial charge < -0.3 is 39.1 Å². The Morgan fingerprint density at radius 3 is 2.54 bits per heavy atom. The van der Waals surface area contributed by atoms with Crippen molar-refractivity contribution in [3.8, 4) is 0 Å². The first-order valence-electron chi connectivity index (χ1n) is 16.0. The lowest BCUT2D eigenvalue weighted by atomic mass is 9.72. The van der Waals surface area contributed by atoms with Crippen molar-refractivity contribution in [2.24, 2.45) is 17.8 Å². The minimum atomic E-state index is -1.34. The Morgan fingerprint density at radius 2 is 1.91 bits per heavy atom. The molecule has 5 rings (SSSR count). The van der Waals surface area contributed by atoms with Crippen molar-refractivity contribution in [3.63, 3.8) is 0 Å². The van der Waals surface area contributed by atoms with Gasteiger partial charge in [-0.15, -0.1) is 0 Å². The van der Waals surface area contributed by atoms with Gasteiger partial charge in [-0.05, 0) is 62.5 Å². The fraction of sp³-hybridized carbons (Fsp3) is 0.588. The van der Waals surface area contributed by atoms with Crippen LogP contribution >= 0.6 is 0 Å². The Kier molecular flexibility index (Phi) is 11.3. The van der Waals surface area contributed by atoms with Gasteiger partial charge in [0.2, 0.25) is 0 Å². The molecule has 2 aliphatic carbocycles. The Bertz CT molecular complexity index is 1360. The first-order chi connectivity index (χ1) is 21.9. The molecule has 9 atom stereocenters. The second kappa shape index (κ2) is 14.8. The van der Waals surface area contributed by atoms with Gasteiger partial charge >= 0.3 is 23.8 Å². The first-order valence-corrected chi connectivity index (χ1v) is 16.0. The number of carbonyl (C=O) groups excluding carboxylic acids is 4. The van der Waals surface area contributed by atoms with Crippen LogP contribution in [0.4, 0.5) is 0 Å². The second-order valence-electron chi connectivity index (χ2n) is 12.1. The molecule has 0 radical (unpaired) electrons. The van der Waals surface area contributed by atoms with Gasteiger partial charge in [0.1, 0.15) is 29.6 Å². The molecule has 12 nitrogen and oxygen atoms in total. The van der Waals surface area contributed by atoms with Crippen molar-refractivity contribution in [3.05, 3.63) is 59.5 Å². The van der Waals surface area contributed by atoms with Crippen molar-refractivity contribution >= 4 is 23.8 Å². The molecular weight excluding hydrogens is 596 g/mol. The summed E-state index contributed by atoms with van der Waals surface area (Å²) in [5.74, 6) is -4.76. The van der Waals surface area contributed by atoms with Gasteiger partial charge in [-0.25, -0.2) is 14.4 Å². The number of esters is 3. The zero-order valence-electron chi connectivity index (χ0n) is 27.5. The quantitative estimate of drug-likeness (QED) is 0.181. The monoisotopic (exact) mass is 642 g/mol. The SMILES string of the molecule is CC.CO[C@H]1C[C@H]2C=CC3=C[C@@]2(OC(O)[C@@H](C)[C@H]3OC(=O)c2ccc[nH]2)/C(C)=C/C(C)[C@@H](C(C)OC(=O)C(=O)NC2CC2)OC1=O. The van der Waals surface area contributed by atoms with Crippen LogP contribution in [0, 0.1) is 17.8 Å². The summed E-state index contributed by atoms with van der Waals surface area (Å²) in [5, 5.41) is 13.9. The Labute approximate surface area is 269 Å². The largest absolute Gasteiger partial charge is 0.456 e. The van der Waals surface area contributed by atoms with Crippen LogP contribution < -0.4 is 5.32 Å². The number of nitrogens with one attached hydrogen (secondary N) is 2. The van der Waals surface area contributed by atoms with E-state index < -0.39 is 77.9 Å². The van der Waals surface area contributed by atoms with Crippen molar-refractivity contribution in [2.75, 3.05) is 7.11 Å². The molecule has 1 saturated carbocycles. The molecule has 1 fully saturated rings. The molecule has 1 spiro atoms. The summed E-state index contributed by atoms with van der Waals surface area (Å²) < 4.78 is 29.2. The molecule has 3 heterocycles. The maximum atomic E-state index is 13.4. The number of aromatic amines is 1. The van der Waals surface area contributed by atoms with Crippen LogP contribution in [0.1, 0.15) is 71.3 Å². The van der Waals surface area contributed by atoms with E-state index in [-0.39, 0.29) is 18.2 Å². The first kappa shape index (κ1) is 35.1. The Morgan fingerprint density at radius 1 is 1.20 bits per heavy atom. The van der Waals surface area contributed by atoms with Crippen molar-refractivity contribution in [1.29, 1.82) is 0 Å². The van der Waals surface area contributed by atoms with E-state index in [0.29, 0.717) is 11.1 Å². The summed E-state index contributed by atoms with van der Waals surface area (Å²) in [6, 6.07) is 3.27. The van der Waals surface area contributed by atoms with E-state index in [4.69, 9.17) is 23.7 Å². The zero-order valence-corrected chi connectivity index (χ0v) is 27.5. The van der Waals surface area contributed by atoms with Gasteiger partial charge in [0.05, 0.1) is 0 Å². The maximum Gasteiger partial charge on any atom is 0.397 e. The molecule has 4 aliphatic rings. The van der Waals surface area contributed by atoms with Crippen molar-refractivity contribution < 1.29 is 48.0 Å². The molecule has 1 aromatic rings. The second-order valence-corrected chi connectivity index (χ2v) is 12.1. The number of ether oxygens (including phenoxy) is 5. The number of methoxy groups -OCH3 is 1. The highest BCUT2D eigenvalue weighted by molar-refractivity contribution is 6.32. The third kappa shape index (κ3) is 7.45. The number of amides is 1. The Balaban J connectivity index is 0.00000235. The van der Waals surface area contributed by atoms with Crippen molar-refractivity contribution in [2.45, 2.75) is 103 Å². The van der Waals surface area contributed by atoms with Gasteiger partial charge in [-0.2, -0.15) is 0 Å². The average Bonchev–Trinajstić information content (AvgIpc) is 3.69. The van der Waals surface area contributed by atoms with Crippen LogP contribution in [-0.4, -0.2) is 83.4 Å². The zero-order chi connectivity index (χ0) is 33.8. The summed E-state index contributed by atoms with van der Waals surface area (Å²) >= 11 is 0. The van der Waals surface area contributed by atoms with Gasteiger partial charge in [-0.3, -0.25) is 4.79 Å². The van der Waals surface area contributed by atoms with Gasteiger partial charge in [0.15, 0.2) is 12.4 Å². The lowest BCUT2D eigenvalue weighted by Gasteiger charge is -2.43. The summed E-state index contributed by atoms with van der Waals surface area (Å²) in [6.07, 6.45) is 5.63. The fourth-order valence-corrected chi connectivity index (χ4v) is 6.14. The van der Waals surface area contributed by atoms with Crippen LogP contribution in [0.5, 0.6) is 0 Å². The van der Waals surface area contributed by atoms with Crippen LogP contribution in [0.3, 0.4) is 0 Å². The number of hydrogen-bond acceptors (Lipinski definition) is 10. The number of aromatic nitrogens is 1. The molecule has 0 saturated heterocycles. The van der Waals surface area contributed by atoms with E-state index in [1.165, 1.54) is 7.11 Å². The minimum Gasteiger partial charge on any atom is -0.456 e. The molecule has 3 N–H and O–H groups in total. The molecule has 1 amide bonds. The third-order valence-electron chi connectivity index (χ3n) is 8.85. The van der Waals surface area contributed by atoms with Crippen molar-refractivity contribution in [1.82, 2.24) is 10.3 Å². The van der Waals surface area contributed by atoms with E-state index >= 15 is 0 Å². The van der Waals surface area contributed by atoms with Crippen LogP contribution in [0.25, 0.3) is 0 Å². The number of carbonyl (C=O) groups is 4. The summed E-state index contributed by atoms with van der Waals surface area (Å²) in [7, 11) is 1.39. The molecule has 3 unspecified atom stereocenters. The number of aliphatic hydroxyl groups is 1. The van der Waals surface area contributed by atoms with Gasteiger partial charge in [0.25, 0.3) is 0 Å². The third-order valence-corrected chi connectivity index (χ3v) is 8.85. The summed E-state index contributed by atoms with van der Waals surface area (Å²) in [6.45, 7) is 10.9. The Hall–Kier alpha value is -3.74. The van der Waals surface area contributed by atoms with Gasteiger partial charge in [0, 0.05) is 37.1 Å². The molecule has 12 heteroatoms. The topological polar surface area (TPSA) is 162 Å². The highest BCUT2D eigenvalue weighted by Gasteiger charge is 2.51. The average molecular weight is 643 g/mol. The highest BCUT2D eigenvalue weighted by Crippen LogP contribution is 2.46. The van der Waals surface area contributed by atoms with E-state index in [9.17, 15) is 24.3 Å². The fourth-order valence-electron chi connectivity index (χ4n) is 6.14. The smallest absolute Gasteiger partial charge is 0.397 e. The predicted molar refractivity (Wildman–Crippen MR) is 166 cm³/mol. The van der Waals surface area contributed by atoms with E-state index in [2.05, 4.69) is 10.3 Å². The predicted octanol–water partition coefficient (Wildman–Crippen LogP) is 3.53. The van der Waals surface area contributed by atoms with E-state index in [0.717, 1.165) is 12.8 Å². The molecule has 252 valence electrons. The standard InChI is InChI=1S/C32H40N2O10.C2H6/c1-16-13-17(2)32-15-20(26(18(3)28(36)44-32)43-29(37)23-7-6-12-33-23)8-9-21(32)14-24(40-5)30(38)42-25(16)19(4)41-31(39)27(35)34-22-10-11-22;1-2/h6-9,12-13,15-16,18-19,21-22,24-26,28,33,36H,10-11,14H2,1-5H3,(H,34,35);1-2H3/b17-13+;/t16?,18-,19?,21+,24-,25-,26+,28?,32+;/m0./s1. The molecule has 2 bridgehead atoms. The maximum absolute atomic E-state index is 13.4. The number of H-pyrrole nitrogens is 1. The summed E-state index contributed by atoms with van der Waals surface area (Å²) in [5.41, 5.74) is 0.380. The number of hydrogen-bond donors (Lipinski definition) is 3. The van der Waals surface area contributed by atoms with Crippen LogP contribution in [0.2, 0.25) is 0 Å². The number of aliphatic hydroxyl groups excluding tert-OH is 1. The number of rotatable bonds is 6. The molecule has 1 aromatic heterocycles.